The zero-order chi connectivity index (χ0) is 21.9. The lowest BCUT2D eigenvalue weighted by Gasteiger charge is -2.36. The van der Waals surface area contributed by atoms with E-state index in [2.05, 4.69) is 9.88 Å². The minimum atomic E-state index is -1.07. The first-order valence-electron chi connectivity index (χ1n) is 10.4. The summed E-state index contributed by atoms with van der Waals surface area (Å²) in [6.45, 7) is 2.64. The predicted molar refractivity (Wildman–Crippen MR) is 111 cm³/mol. The van der Waals surface area contributed by atoms with Crippen LogP contribution < -0.4 is 0 Å². The second-order valence-electron chi connectivity index (χ2n) is 7.70. The predicted octanol–water partition coefficient (Wildman–Crippen LogP) is -3.07. The van der Waals surface area contributed by atoms with Crippen molar-refractivity contribution in [3.63, 3.8) is 0 Å². The Hall–Kier alpha value is -1.21. The normalized spacial score (nSPS) is 21.9. The highest BCUT2D eigenvalue weighted by molar-refractivity contribution is 5.09. The van der Waals surface area contributed by atoms with Crippen molar-refractivity contribution in [3.05, 3.63) is 30.1 Å². The highest BCUT2D eigenvalue weighted by Crippen LogP contribution is 2.13. The Labute approximate surface area is 177 Å². The Balaban J connectivity index is 2.20. The van der Waals surface area contributed by atoms with Gasteiger partial charge in [0.15, 0.2) is 0 Å². The maximum Gasteiger partial charge on any atom is 0.0947 e. The van der Waals surface area contributed by atoms with Gasteiger partial charge in [-0.2, -0.15) is 0 Å². The number of hydrogen-bond donors (Lipinski definition) is 6. The summed E-state index contributed by atoms with van der Waals surface area (Å²) in [6, 6.07) is 2.65. The molecular formula is C20H36N4O6. The van der Waals surface area contributed by atoms with Crippen molar-refractivity contribution in [1.29, 1.82) is 0 Å². The molecule has 0 unspecified atom stereocenters. The Bertz CT molecular complexity index is 554. The van der Waals surface area contributed by atoms with Crippen molar-refractivity contribution >= 4 is 0 Å². The molecule has 0 aromatic carbocycles. The molecule has 30 heavy (non-hydrogen) atoms. The molecule has 0 radical (unpaired) electrons. The van der Waals surface area contributed by atoms with Crippen LogP contribution in [0.5, 0.6) is 0 Å². The summed E-state index contributed by atoms with van der Waals surface area (Å²) < 4.78 is 0. The molecule has 6 N–H and O–H groups in total. The second-order valence-corrected chi connectivity index (χ2v) is 7.70. The number of pyridine rings is 1. The molecule has 10 nitrogen and oxygen atoms in total. The fourth-order valence-corrected chi connectivity index (χ4v) is 3.90. The van der Waals surface area contributed by atoms with E-state index >= 15 is 0 Å². The molecule has 4 atom stereocenters. The van der Waals surface area contributed by atoms with Gasteiger partial charge in [0.2, 0.25) is 0 Å². The molecule has 2 rings (SSSR count). The van der Waals surface area contributed by atoms with Gasteiger partial charge in [-0.15, -0.1) is 0 Å². The largest absolute Gasteiger partial charge is 0.395 e. The van der Waals surface area contributed by atoms with Gasteiger partial charge in [-0.3, -0.25) is 19.7 Å². The van der Waals surface area contributed by atoms with Crippen molar-refractivity contribution < 1.29 is 30.6 Å². The first kappa shape index (κ1) is 25.1. The van der Waals surface area contributed by atoms with E-state index < -0.39 is 37.5 Å². The van der Waals surface area contributed by atoms with E-state index in [1.165, 1.54) is 0 Å². The number of rotatable bonds is 10. The Morgan fingerprint density at radius 1 is 0.700 bits per heavy atom. The smallest absolute Gasteiger partial charge is 0.0947 e. The third-order valence-corrected chi connectivity index (χ3v) is 5.81. The minimum absolute atomic E-state index is 0.297. The molecule has 1 aromatic heterocycles. The van der Waals surface area contributed by atoms with E-state index in [0.717, 1.165) is 5.56 Å². The standard InChI is InChI=1S/C20H36N4O6/c25-12-17(19(29)14-27)23-7-5-22(11-16-1-3-21-4-2-16)6-8-24(10-9-23)18(13-26)20(30)15-28/h1-4,17-20,25-30H,5-15H2/t17-,18-,19-,20-/m1/s1. The van der Waals surface area contributed by atoms with Crippen LogP contribution in [0.4, 0.5) is 0 Å². The minimum Gasteiger partial charge on any atom is -0.395 e. The van der Waals surface area contributed by atoms with Crippen LogP contribution in [0, 0.1) is 0 Å². The number of hydrogen-bond acceptors (Lipinski definition) is 10. The van der Waals surface area contributed by atoms with E-state index in [1.807, 2.05) is 21.9 Å². The van der Waals surface area contributed by atoms with Crippen LogP contribution in [-0.2, 0) is 6.54 Å². The van der Waals surface area contributed by atoms with Crippen LogP contribution in [-0.4, -0.2) is 140 Å². The average Bonchev–Trinajstić information content (AvgIpc) is 2.87. The number of aliphatic hydroxyl groups is 6. The molecule has 0 aliphatic carbocycles. The number of aromatic nitrogens is 1. The summed E-state index contributed by atoms with van der Waals surface area (Å²) in [6.07, 6.45) is 1.33. The third kappa shape index (κ3) is 7.19. The van der Waals surface area contributed by atoms with Gasteiger partial charge in [-0.25, -0.2) is 0 Å². The fraction of sp³-hybridized carbons (Fsp3) is 0.750. The molecule has 1 saturated heterocycles. The van der Waals surface area contributed by atoms with Gasteiger partial charge in [0, 0.05) is 58.2 Å². The summed E-state index contributed by atoms with van der Waals surface area (Å²) in [5, 5.41) is 58.6. The van der Waals surface area contributed by atoms with Gasteiger partial charge in [-0.1, -0.05) is 0 Å². The zero-order valence-corrected chi connectivity index (χ0v) is 17.4. The average molecular weight is 429 g/mol. The molecule has 1 aliphatic heterocycles. The molecule has 172 valence electrons. The summed E-state index contributed by atoms with van der Waals surface area (Å²) in [5.41, 5.74) is 1.10. The van der Waals surface area contributed by atoms with E-state index in [4.69, 9.17) is 0 Å². The SMILES string of the molecule is OC[C@@H](O)[C@@H](CO)N1CCN(Cc2ccncc2)CCN([C@H](CO)[C@H](O)CO)CC1. The first-order chi connectivity index (χ1) is 14.5. The Morgan fingerprint density at radius 3 is 1.53 bits per heavy atom. The number of nitrogens with zero attached hydrogens (tertiary/aromatic N) is 4. The topological polar surface area (TPSA) is 144 Å². The zero-order valence-electron chi connectivity index (χ0n) is 17.4. The maximum absolute atomic E-state index is 10.2. The summed E-state index contributed by atoms with van der Waals surface area (Å²) in [7, 11) is 0. The van der Waals surface area contributed by atoms with Gasteiger partial charge >= 0.3 is 0 Å². The lowest BCUT2D eigenvalue weighted by Crippen LogP contribution is -2.53. The molecule has 1 fully saturated rings. The van der Waals surface area contributed by atoms with Crippen molar-refractivity contribution in [2.45, 2.75) is 30.8 Å². The van der Waals surface area contributed by atoms with Crippen LogP contribution in [0.15, 0.2) is 24.5 Å². The van der Waals surface area contributed by atoms with Gasteiger partial charge < -0.3 is 30.6 Å². The van der Waals surface area contributed by atoms with Crippen molar-refractivity contribution in [2.75, 3.05) is 65.7 Å². The van der Waals surface area contributed by atoms with Crippen LogP contribution in [0.2, 0.25) is 0 Å². The van der Waals surface area contributed by atoms with E-state index in [0.29, 0.717) is 45.8 Å². The maximum atomic E-state index is 10.2. The molecule has 0 saturated carbocycles. The highest BCUT2D eigenvalue weighted by Gasteiger charge is 2.30. The van der Waals surface area contributed by atoms with Crippen molar-refractivity contribution in [2.24, 2.45) is 0 Å². The van der Waals surface area contributed by atoms with Crippen LogP contribution >= 0.6 is 0 Å². The van der Waals surface area contributed by atoms with E-state index in [-0.39, 0.29) is 13.2 Å². The molecule has 0 bridgehead atoms. The molecule has 10 heteroatoms. The van der Waals surface area contributed by atoms with Crippen molar-refractivity contribution in [3.8, 4) is 0 Å². The molecule has 0 spiro atoms. The molecule has 1 aliphatic rings. The quantitative estimate of drug-likeness (QED) is 0.227. The van der Waals surface area contributed by atoms with Gasteiger partial charge in [0.25, 0.3) is 0 Å². The molecular weight excluding hydrogens is 392 g/mol. The van der Waals surface area contributed by atoms with E-state index in [1.54, 1.807) is 12.4 Å². The van der Waals surface area contributed by atoms with Crippen LogP contribution in [0.25, 0.3) is 0 Å². The molecule has 2 heterocycles. The lowest BCUT2D eigenvalue weighted by atomic mass is 10.1. The molecule has 0 amide bonds. The Kier molecular flexibility index (Phi) is 11.1. The fourth-order valence-electron chi connectivity index (χ4n) is 3.90. The van der Waals surface area contributed by atoms with Gasteiger partial charge in [-0.05, 0) is 17.7 Å². The van der Waals surface area contributed by atoms with Crippen molar-refractivity contribution in [1.82, 2.24) is 19.7 Å². The van der Waals surface area contributed by atoms with Gasteiger partial charge in [0.05, 0.1) is 50.7 Å². The Morgan fingerprint density at radius 2 is 1.13 bits per heavy atom. The monoisotopic (exact) mass is 428 g/mol. The molecule has 1 aromatic rings. The lowest BCUT2D eigenvalue weighted by molar-refractivity contribution is -0.0301. The van der Waals surface area contributed by atoms with Crippen LogP contribution in [0.1, 0.15) is 5.56 Å². The summed E-state index contributed by atoms with van der Waals surface area (Å²) in [4.78, 5) is 10.1. The second kappa shape index (κ2) is 13.3. The van der Waals surface area contributed by atoms with E-state index in [9.17, 15) is 30.6 Å². The van der Waals surface area contributed by atoms with Gasteiger partial charge in [0.1, 0.15) is 0 Å². The summed E-state index contributed by atoms with van der Waals surface area (Å²) >= 11 is 0. The first-order valence-corrected chi connectivity index (χ1v) is 10.4. The highest BCUT2D eigenvalue weighted by atomic mass is 16.3. The summed E-state index contributed by atoms with van der Waals surface area (Å²) in [5.74, 6) is 0. The number of aliphatic hydroxyl groups excluding tert-OH is 6. The third-order valence-electron chi connectivity index (χ3n) is 5.81. The van der Waals surface area contributed by atoms with Crippen LogP contribution in [0.3, 0.4) is 0 Å².